The standard InChI is InChI=1S/C8H6F3NOS/c9-8(10,11)13-7-3-1-2-6(4-7)5-12-14/h1-4H,5H2. The van der Waals surface area contributed by atoms with Crippen molar-refractivity contribution >= 4 is 12.4 Å². The molecule has 0 bridgehead atoms. The SMILES string of the molecule is FC(F)(F)Oc1cccc(CN=S)c1. The quantitative estimate of drug-likeness (QED) is 0.782. The van der Waals surface area contributed by atoms with Crippen molar-refractivity contribution in [3.05, 3.63) is 29.8 Å². The smallest absolute Gasteiger partial charge is 0.406 e. The van der Waals surface area contributed by atoms with Gasteiger partial charge in [-0.1, -0.05) is 12.1 Å². The molecule has 76 valence electrons. The van der Waals surface area contributed by atoms with Crippen LogP contribution in [0, 0.1) is 0 Å². The zero-order valence-corrected chi connectivity index (χ0v) is 7.73. The van der Waals surface area contributed by atoms with Crippen LogP contribution >= 0.6 is 0 Å². The van der Waals surface area contributed by atoms with Crippen LogP contribution < -0.4 is 4.74 Å². The first-order valence-electron chi connectivity index (χ1n) is 3.65. The van der Waals surface area contributed by atoms with Crippen molar-refractivity contribution in [3.8, 4) is 5.75 Å². The second kappa shape index (κ2) is 4.36. The van der Waals surface area contributed by atoms with Crippen LogP contribution in [0.4, 0.5) is 13.2 Å². The Bertz CT molecular complexity index is 327. The van der Waals surface area contributed by atoms with E-state index < -0.39 is 6.36 Å². The van der Waals surface area contributed by atoms with Crippen LogP contribution in [-0.4, -0.2) is 6.36 Å². The van der Waals surface area contributed by atoms with Crippen LogP contribution in [0.2, 0.25) is 0 Å². The molecule has 1 aromatic rings. The topological polar surface area (TPSA) is 21.6 Å². The van der Waals surface area contributed by atoms with E-state index in [2.05, 4.69) is 21.5 Å². The normalized spacial score (nSPS) is 11.1. The van der Waals surface area contributed by atoms with Crippen molar-refractivity contribution in [2.45, 2.75) is 12.9 Å². The molecular formula is C8H6F3NOS. The molecular weight excluding hydrogens is 215 g/mol. The predicted octanol–water partition coefficient (Wildman–Crippen LogP) is 2.82. The van der Waals surface area contributed by atoms with Crippen molar-refractivity contribution in [3.63, 3.8) is 0 Å². The molecule has 2 nitrogen and oxygen atoms in total. The van der Waals surface area contributed by atoms with Gasteiger partial charge in [0.1, 0.15) is 5.75 Å². The van der Waals surface area contributed by atoms with Gasteiger partial charge in [-0.25, -0.2) is 4.36 Å². The van der Waals surface area contributed by atoms with E-state index in [1.807, 2.05) is 0 Å². The maximum atomic E-state index is 11.8. The lowest BCUT2D eigenvalue weighted by molar-refractivity contribution is -0.274. The highest BCUT2D eigenvalue weighted by Crippen LogP contribution is 2.23. The van der Waals surface area contributed by atoms with E-state index in [0.29, 0.717) is 5.56 Å². The van der Waals surface area contributed by atoms with E-state index in [0.717, 1.165) is 0 Å². The van der Waals surface area contributed by atoms with Crippen molar-refractivity contribution in [1.29, 1.82) is 0 Å². The number of hydrogen-bond acceptors (Lipinski definition) is 3. The summed E-state index contributed by atoms with van der Waals surface area (Å²) in [5.74, 6) is -0.256. The Balaban J connectivity index is 2.78. The Morgan fingerprint density at radius 1 is 1.36 bits per heavy atom. The molecule has 0 fully saturated rings. The lowest BCUT2D eigenvalue weighted by Gasteiger charge is -2.08. The van der Waals surface area contributed by atoms with Gasteiger partial charge in [-0.3, -0.25) is 0 Å². The number of alkyl halides is 3. The molecule has 0 saturated carbocycles. The Kier molecular flexibility index (Phi) is 3.40. The van der Waals surface area contributed by atoms with Gasteiger partial charge in [-0.05, 0) is 17.7 Å². The summed E-state index contributed by atoms with van der Waals surface area (Å²) in [5, 5.41) is 0. The Hall–Kier alpha value is -1.17. The average Bonchev–Trinajstić information content (AvgIpc) is 2.02. The molecule has 0 aliphatic carbocycles. The molecule has 1 rings (SSSR count). The predicted molar refractivity (Wildman–Crippen MR) is 46.6 cm³/mol. The molecule has 0 N–H and O–H groups in total. The third-order valence-electron chi connectivity index (χ3n) is 1.38. The third-order valence-corrected chi connectivity index (χ3v) is 1.51. The van der Waals surface area contributed by atoms with E-state index in [1.165, 1.54) is 18.2 Å². The Morgan fingerprint density at radius 2 is 2.07 bits per heavy atom. The van der Waals surface area contributed by atoms with Gasteiger partial charge in [0.15, 0.2) is 0 Å². The minimum Gasteiger partial charge on any atom is -0.406 e. The highest BCUT2D eigenvalue weighted by Gasteiger charge is 2.30. The second-order valence-electron chi connectivity index (χ2n) is 2.48. The van der Waals surface area contributed by atoms with E-state index in [9.17, 15) is 13.2 Å². The van der Waals surface area contributed by atoms with Gasteiger partial charge < -0.3 is 4.74 Å². The molecule has 0 saturated heterocycles. The zero-order chi connectivity index (χ0) is 10.6. The number of hydrogen-bond donors (Lipinski definition) is 0. The highest BCUT2D eigenvalue weighted by atomic mass is 32.1. The lowest BCUT2D eigenvalue weighted by atomic mass is 10.2. The average molecular weight is 221 g/mol. The molecule has 6 heteroatoms. The van der Waals surface area contributed by atoms with Crippen LogP contribution in [0.15, 0.2) is 28.6 Å². The fourth-order valence-corrected chi connectivity index (χ4v) is 1.06. The van der Waals surface area contributed by atoms with Crippen LogP contribution in [0.5, 0.6) is 5.75 Å². The second-order valence-corrected chi connectivity index (χ2v) is 2.74. The summed E-state index contributed by atoms with van der Waals surface area (Å²) in [4.78, 5) is 0. The molecule has 0 aromatic heterocycles. The number of benzene rings is 1. The highest BCUT2D eigenvalue weighted by molar-refractivity contribution is 7.47. The minimum atomic E-state index is -4.66. The Labute approximate surface area is 83.9 Å². The van der Waals surface area contributed by atoms with Gasteiger partial charge in [0.05, 0.1) is 6.54 Å². The number of nitrogens with zero attached hydrogens (tertiary/aromatic N) is 1. The van der Waals surface area contributed by atoms with Crippen LogP contribution in [0.25, 0.3) is 0 Å². The largest absolute Gasteiger partial charge is 0.573 e. The summed E-state index contributed by atoms with van der Waals surface area (Å²) < 4.78 is 42.5. The monoisotopic (exact) mass is 221 g/mol. The lowest BCUT2D eigenvalue weighted by Crippen LogP contribution is -2.17. The van der Waals surface area contributed by atoms with Crippen LogP contribution in [0.3, 0.4) is 0 Å². The first-order chi connectivity index (χ1) is 6.51. The first-order valence-corrected chi connectivity index (χ1v) is 4.01. The van der Waals surface area contributed by atoms with E-state index >= 15 is 0 Å². The summed E-state index contributed by atoms with van der Waals surface area (Å²) in [6.07, 6.45) is -4.66. The van der Waals surface area contributed by atoms with E-state index in [-0.39, 0.29) is 12.3 Å². The molecule has 0 radical (unpaired) electrons. The first kappa shape index (κ1) is 10.9. The summed E-state index contributed by atoms with van der Waals surface area (Å²) in [6, 6.07) is 5.56. The van der Waals surface area contributed by atoms with Crippen molar-refractivity contribution in [1.82, 2.24) is 0 Å². The van der Waals surface area contributed by atoms with Crippen molar-refractivity contribution in [2.24, 2.45) is 4.36 Å². The number of halogens is 3. The van der Waals surface area contributed by atoms with Gasteiger partial charge in [-0.15, -0.1) is 13.2 Å². The molecule has 0 aliphatic heterocycles. The molecule has 0 spiro atoms. The van der Waals surface area contributed by atoms with Crippen LogP contribution in [-0.2, 0) is 19.0 Å². The summed E-state index contributed by atoms with van der Waals surface area (Å²) in [6.45, 7) is 0.199. The van der Waals surface area contributed by atoms with Gasteiger partial charge in [0, 0.05) is 12.4 Å². The fraction of sp³-hybridized carbons (Fsp3) is 0.250. The van der Waals surface area contributed by atoms with Crippen LogP contribution in [0.1, 0.15) is 5.56 Å². The van der Waals surface area contributed by atoms with Gasteiger partial charge >= 0.3 is 6.36 Å². The zero-order valence-electron chi connectivity index (χ0n) is 6.91. The van der Waals surface area contributed by atoms with E-state index in [4.69, 9.17) is 0 Å². The maximum Gasteiger partial charge on any atom is 0.573 e. The Morgan fingerprint density at radius 3 is 2.64 bits per heavy atom. The number of rotatable bonds is 3. The molecule has 0 heterocycles. The van der Waals surface area contributed by atoms with Gasteiger partial charge in [-0.2, -0.15) is 0 Å². The van der Waals surface area contributed by atoms with Gasteiger partial charge in [0.2, 0.25) is 0 Å². The van der Waals surface area contributed by atoms with Crippen molar-refractivity contribution in [2.75, 3.05) is 0 Å². The van der Waals surface area contributed by atoms with Gasteiger partial charge in [0.25, 0.3) is 0 Å². The van der Waals surface area contributed by atoms with E-state index in [1.54, 1.807) is 6.07 Å². The molecule has 0 amide bonds. The molecule has 0 atom stereocenters. The fourth-order valence-electron chi connectivity index (χ4n) is 0.915. The summed E-state index contributed by atoms with van der Waals surface area (Å²) in [7, 11) is 0. The summed E-state index contributed by atoms with van der Waals surface area (Å²) in [5.41, 5.74) is 0.585. The third kappa shape index (κ3) is 3.69. The molecule has 0 unspecified atom stereocenters. The molecule has 1 aromatic carbocycles. The van der Waals surface area contributed by atoms with Crippen molar-refractivity contribution < 1.29 is 17.9 Å². The number of ether oxygens (including phenoxy) is 1. The molecule has 0 aliphatic rings. The minimum absolute atomic E-state index is 0.199. The maximum absolute atomic E-state index is 11.8. The molecule has 14 heavy (non-hydrogen) atoms. The summed E-state index contributed by atoms with van der Waals surface area (Å²) >= 11 is 4.35.